The van der Waals surface area contributed by atoms with E-state index in [1.54, 1.807) is 14.2 Å². The Morgan fingerprint density at radius 1 is 1.25 bits per heavy atom. The zero-order chi connectivity index (χ0) is 18.3. The minimum absolute atomic E-state index is 0.0984. The first kappa shape index (κ1) is 21.4. The van der Waals surface area contributed by atoms with Crippen LogP contribution in [0.25, 0.3) is 0 Å². The number of ether oxygens (including phenoxy) is 2. The predicted octanol–water partition coefficient (Wildman–Crippen LogP) is 2.69. The molecule has 0 aromatic rings. The highest BCUT2D eigenvalue weighted by atomic mass is 16.5. The van der Waals surface area contributed by atoms with Crippen molar-refractivity contribution in [2.45, 2.75) is 77.7 Å². The summed E-state index contributed by atoms with van der Waals surface area (Å²) in [5.74, 6) is 1.05. The van der Waals surface area contributed by atoms with Crippen molar-refractivity contribution in [1.29, 1.82) is 0 Å². The van der Waals surface area contributed by atoms with Crippen molar-refractivity contribution >= 4 is 5.91 Å². The van der Waals surface area contributed by atoms with Crippen molar-refractivity contribution in [2.24, 2.45) is 11.8 Å². The molecular weight excluding hydrogens is 304 g/mol. The van der Waals surface area contributed by atoms with Gasteiger partial charge in [0, 0.05) is 26.8 Å². The van der Waals surface area contributed by atoms with Crippen molar-refractivity contribution in [2.75, 3.05) is 27.8 Å². The summed E-state index contributed by atoms with van der Waals surface area (Å²) >= 11 is 0. The Hall–Kier alpha value is -0.650. The monoisotopic (exact) mass is 342 g/mol. The van der Waals surface area contributed by atoms with Crippen molar-refractivity contribution < 1.29 is 14.3 Å². The molecule has 5 nitrogen and oxygen atoms in total. The van der Waals surface area contributed by atoms with Crippen LogP contribution in [0.2, 0.25) is 0 Å². The third kappa shape index (κ3) is 5.17. The summed E-state index contributed by atoms with van der Waals surface area (Å²) in [7, 11) is 5.41. The summed E-state index contributed by atoms with van der Waals surface area (Å²) in [6.07, 6.45) is 3.58. The molecule has 1 fully saturated rings. The van der Waals surface area contributed by atoms with E-state index in [0.29, 0.717) is 18.3 Å². The molecule has 0 aliphatic carbocycles. The standard InChI is InChI=1S/C19H38N2O3/c1-8-14(4)18(20-5)16(23-6)12-17(22)21-11-9-10-15(21)19(24-7)13(2)3/h13-16,18-20H,8-12H2,1-7H3. The number of rotatable bonds is 10. The number of hydrogen-bond acceptors (Lipinski definition) is 4. The Morgan fingerprint density at radius 3 is 2.38 bits per heavy atom. The second kappa shape index (κ2) is 10.4. The Kier molecular flexibility index (Phi) is 9.24. The second-order valence-electron chi connectivity index (χ2n) is 7.42. The summed E-state index contributed by atoms with van der Waals surface area (Å²) in [6.45, 7) is 9.53. The molecule has 1 saturated heterocycles. The van der Waals surface area contributed by atoms with Gasteiger partial charge in [-0.2, -0.15) is 0 Å². The Labute approximate surface area is 148 Å². The highest BCUT2D eigenvalue weighted by Gasteiger charge is 2.38. The lowest BCUT2D eigenvalue weighted by atomic mass is 9.92. The fraction of sp³-hybridized carbons (Fsp3) is 0.947. The van der Waals surface area contributed by atoms with Crippen molar-refractivity contribution in [3.05, 3.63) is 0 Å². The van der Waals surface area contributed by atoms with Gasteiger partial charge in [0.15, 0.2) is 0 Å². The quantitative estimate of drug-likeness (QED) is 0.663. The Balaban J connectivity index is 2.80. The molecule has 0 bridgehead atoms. The smallest absolute Gasteiger partial charge is 0.225 e. The molecule has 142 valence electrons. The van der Waals surface area contributed by atoms with Crippen molar-refractivity contribution in [3.8, 4) is 0 Å². The fourth-order valence-electron chi connectivity index (χ4n) is 4.05. The number of nitrogens with zero attached hydrogens (tertiary/aromatic N) is 1. The molecule has 1 N–H and O–H groups in total. The molecule has 24 heavy (non-hydrogen) atoms. The van der Waals surface area contributed by atoms with Gasteiger partial charge in [-0.1, -0.05) is 34.1 Å². The summed E-state index contributed by atoms with van der Waals surface area (Å²) in [4.78, 5) is 15.0. The van der Waals surface area contributed by atoms with Gasteiger partial charge < -0.3 is 19.7 Å². The molecule has 1 rings (SSSR count). The largest absolute Gasteiger partial charge is 0.379 e. The fourth-order valence-corrected chi connectivity index (χ4v) is 4.05. The first-order valence-corrected chi connectivity index (χ1v) is 9.43. The van der Waals surface area contributed by atoms with Gasteiger partial charge in [-0.3, -0.25) is 4.79 Å². The number of nitrogens with one attached hydrogen (secondary N) is 1. The number of carbonyl (C=O) groups is 1. The van der Waals surface area contributed by atoms with E-state index in [1.807, 2.05) is 11.9 Å². The number of likely N-dealkylation sites (N-methyl/N-ethyl adjacent to an activating group) is 1. The van der Waals surface area contributed by atoms with E-state index < -0.39 is 0 Å². The maximum absolute atomic E-state index is 13.0. The molecule has 1 amide bonds. The van der Waals surface area contributed by atoms with Gasteiger partial charge >= 0.3 is 0 Å². The zero-order valence-electron chi connectivity index (χ0n) is 16.7. The minimum atomic E-state index is -0.0984. The van der Waals surface area contributed by atoms with E-state index in [-0.39, 0.29) is 30.2 Å². The van der Waals surface area contributed by atoms with Crippen LogP contribution in [0.3, 0.4) is 0 Å². The Bertz CT molecular complexity index is 376. The molecule has 0 spiro atoms. The summed E-state index contributed by atoms with van der Waals surface area (Å²) < 4.78 is 11.4. The van der Waals surface area contributed by atoms with Crippen LogP contribution in [0.1, 0.15) is 53.4 Å². The molecule has 1 heterocycles. The SMILES string of the molecule is CCC(C)C(NC)C(CC(=O)N1CCCC1C(OC)C(C)C)OC. The van der Waals surface area contributed by atoms with E-state index in [9.17, 15) is 4.79 Å². The van der Waals surface area contributed by atoms with E-state index in [0.717, 1.165) is 25.8 Å². The minimum Gasteiger partial charge on any atom is -0.379 e. The number of hydrogen-bond donors (Lipinski definition) is 1. The van der Waals surface area contributed by atoms with Crippen LogP contribution in [0.4, 0.5) is 0 Å². The third-order valence-electron chi connectivity index (χ3n) is 5.60. The predicted molar refractivity (Wildman–Crippen MR) is 98.1 cm³/mol. The normalized spacial score (nSPS) is 23.3. The lowest BCUT2D eigenvalue weighted by molar-refractivity contribution is -0.138. The molecule has 0 aromatic carbocycles. The summed E-state index contributed by atoms with van der Waals surface area (Å²) in [6, 6.07) is 0.380. The summed E-state index contributed by atoms with van der Waals surface area (Å²) in [5.41, 5.74) is 0. The van der Waals surface area contributed by atoms with Crippen LogP contribution in [0.15, 0.2) is 0 Å². The van der Waals surface area contributed by atoms with Gasteiger partial charge in [-0.25, -0.2) is 0 Å². The first-order chi connectivity index (χ1) is 11.4. The van der Waals surface area contributed by atoms with E-state index in [1.165, 1.54) is 0 Å². The van der Waals surface area contributed by atoms with Crippen LogP contribution in [-0.4, -0.2) is 62.9 Å². The first-order valence-electron chi connectivity index (χ1n) is 9.43. The maximum atomic E-state index is 13.0. The topological polar surface area (TPSA) is 50.8 Å². The number of amides is 1. The second-order valence-corrected chi connectivity index (χ2v) is 7.42. The molecule has 0 radical (unpaired) electrons. The van der Waals surface area contributed by atoms with Crippen molar-refractivity contribution in [1.82, 2.24) is 10.2 Å². The third-order valence-corrected chi connectivity index (χ3v) is 5.60. The number of carbonyl (C=O) groups excluding carboxylic acids is 1. The summed E-state index contributed by atoms with van der Waals surface area (Å²) in [5, 5.41) is 3.34. The highest BCUT2D eigenvalue weighted by Crippen LogP contribution is 2.27. The molecule has 0 saturated carbocycles. The van der Waals surface area contributed by atoms with Crippen LogP contribution in [0, 0.1) is 11.8 Å². The van der Waals surface area contributed by atoms with Gasteiger partial charge in [0.2, 0.25) is 5.91 Å². The van der Waals surface area contributed by atoms with Crippen LogP contribution < -0.4 is 5.32 Å². The zero-order valence-corrected chi connectivity index (χ0v) is 16.7. The molecule has 1 aliphatic rings. The van der Waals surface area contributed by atoms with Crippen LogP contribution in [0.5, 0.6) is 0 Å². The van der Waals surface area contributed by atoms with E-state index in [2.05, 4.69) is 33.0 Å². The molecule has 1 aliphatic heterocycles. The molecular formula is C19H38N2O3. The maximum Gasteiger partial charge on any atom is 0.225 e. The molecule has 0 aromatic heterocycles. The van der Waals surface area contributed by atoms with Crippen LogP contribution >= 0.6 is 0 Å². The highest BCUT2D eigenvalue weighted by molar-refractivity contribution is 5.77. The van der Waals surface area contributed by atoms with E-state index >= 15 is 0 Å². The van der Waals surface area contributed by atoms with Gasteiger partial charge in [-0.15, -0.1) is 0 Å². The van der Waals surface area contributed by atoms with E-state index in [4.69, 9.17) is 9.47 Å². The van der Waals surface area contributed by atoms with Gasteiger partial charge in [0.25, 0.3) is 0 Å². The van der Waals surface area contributed by atoms with Crippen molar-refractivity contribution in [3.63, 3.8) is 0 Å². The molecule has 5 unspecified atom stereocenters. The number of methoxy groups -OCH3 is 2. The number of likely N-dealkylation sites (tertiary alicyclic amines) is 1. The molecule has 5 atom stereocenters. The van der Waals surface area contributed by atoms with Gasteiger partial charge in [0.1, 0.15) is 0 Å². The van der Waals surface area contributed by atoms with Crippen LogP contribution in [-0.2, 0) is 14.3 Å². The average molecular weight is 343 g/mol. The average Bonchev–Trinajstić information content (AvgIpc) is 3.03. The van der Waals surface area contributed by atoms with Gasteiger partial charge in [0.05, 0.1) is 24.7 Å². The molecule has 5 heteroatoms. The lowest BCUT2D eigenvalue weighted by Crippen LogP contribution is -2.49. The van der Waals surface area contributed by atoms with Gasteiger partial charge in [-0.05, 0) is 31.7 Å². The lowest BCUT2D eigenvalue weighted by Gasteiger charge is -2.35. The Morgan fingerprint density at radius 2 is 1.92 bits per heavy atom.